The molecule has 3 unspecified atom stereocenters. The Morgan fingerprint density at radius 3 is 2.55 bits per heavy atom. The molecule has 0 aromatic heterocycles. The third-order valence-corrected chi connectivity index (χ3v) is 6.54. The van der Waals surface area contributed by atoms with Crippen molar-refractivity contribution in [1.29, 1.82) is 0 Å². The highest BCUT2D eigenvalue weighted by Gasteiger charge is 2.24. The second-order valence-corrected chi connectivity index (χ2v) is 8.93. The first-order valence-corrected chi connectivity index (χ1v) is 11.4. The molecule has 3 atom stereocenters. The van der Waals surface area contributed by atoms with Gasteiger partial charge in [-0.25, -0.2) is 10.2 Å². The number of nitrogens with two attached hydrogens (primary N) is 2. The van der Waals surface area contributed by atoms with Gasteiger partial charge >= 0.3 is 0 Å². The third-order valence-electron chi connectivity index (χ3n) is 6.54. The third kappa shape index (κ3) is 7.66. The summed E-state index contributed by atoms with van der Waals surface area (Å²) in [6.45, 7) is 11.2. The molecule has 170 valence electrons. The van der Waals surface area contributed by atoms with Crippen molar-refractivity contribution in [2.75, 3.05) is 6.54 Å². The monoisotopic (exact) mass is 427 g/mol. The fourth-order valence-corrected chi connectivity index (χ4v) is 4.19. The molecule has 0 amide bonds. The van der Waals surface area contributed by atoms with Crippen molar-refractivity contribution in [1.82, 2.24) is 5.01 Å². The molecule has 1 aliphatic carbocycles. The van der Waals surface area contributed by atoms with E-state index in [2.05, 4.69) is 26.5 Å². The number of allylic oxidation sites excluding steroid dienone is 2. The van der Waals surface area contributed by atoms with Crippen molar-refractivity contribution in [3.8, 4) is 0 Å². The molecule has 1 aromatic rings. The molecule has 1 aromatic carbocycles. The molecule has 0 aliphatic heterocycles. The normalized spacial score (nSPS) is 24.7. The van der Waals surface area contributed by atoms with Gasteiger partial charge in [-0.05, 0) is 85.3 Å². The highest BCUT2D eigenvalue weighted by molar-refractivity contribution is 5.94. The van der Waals surface area contributed by atoms with E-state index >= 15 is 0 Å². The largest absolute Gasteiger partial charge is 0.397 e. The van der Waals surface area contributed by atoms with E-state index in [0.29, 0.717) is 30.5 Å². The van der Waals surface area contributed by atoms with E-state index in [9.17, 15) is 9.18 Å². The molecule has 0 heterocycles. The molecule has 2 rings (SSSR count). The first-order chi connectivity index (χ1) is 14.7. The van der Waals surface area contributed by atoms with Crippen LogP contribution in [0.2, 0.25) is 0 Å². The Morgan fingerprint density at radius 1 is 1.23 bits per heavy atom. The first kappa shape index (κ1) is 24.9. The molecule has 5 heteroatoms. The van der Waals surface area contributed by atoms with E-state index in [0.717, 1.165) is 43.2 Å². The molecule has 0 bridgehead atoms. The van der Waals surface area contributed by atoms with Crippen LogP contribution in [0.1, 0.15) is 64.9 Å². The van der Waals surface area contributed by atoms with Gasteiger partial charge in [-0.3, -0.25) is 4.79 Å². The van der Waals surface area contributed by atoms with Crippen LogP contribution < -0.4 is 11.6 Å². The van der Waals surface area contributed by atoms with E-state index < -0.39 is 0 Å². The van der Waals surface area contributed by atoms with Gasteiger partial charge in [0.15, 0.2) is 5.78 Å². The van der Waals surface area contributed by atoms with Crippen LogP contribution >= 0.6 is 0 Å². The van der Waals surface area contributed by atoms with Crippen molar-refractivity contribution >= 4 is 11.5 Å². The number of nitrogens with zero attached hydrogens (tertiary/aromatic N) is 1. The Bertz CT molecular complexity index is 812. The number of hydrazine groups is 1. The second-order valence-electron chi connectivity index (χ2n) is 8.93. The summed E-state index contributed by atoms with van der Waals surface area (Å²) in [6.07, 6.45) is 9.40. The highest BCUT2D eigenvalue weighted by Crippen LogP contribution is 2.33. The summed E-state index contributed by atoms with van der Waals surface area (Å²) in [4.78, 5) is 12.3. The summed E-state index contributed by atoms with van der Waals surface area (Å²) in [6, 6.07) is 6.05. The molecule has 1 aliphatic rings. The maximum Gasteiger partial charge on any atom is 0.158 e. The van der Waals surface area contributed by atoms with Gasteiger partial charge in [0, 0.05) is 12.6 Å². The fraction of sp³-hybridized carbons (Fsp3) is 0.500. The maximum atomic E-state index is 13.1. The minimum atomic E-state index is -0.297. The lowest BCUT2D eigenvalue weighted by Crippen LogP contribution is -2.29. The number of rotatable bonds is 7. The topological polar surface area (TPSA) is 72.3 Å². The molecule has 0 spiro atoms. The van der Waals surface area contributed by atoms with Gasteiger partial charge in [-0.15, -0.1) is 0 Å². The average molecular weight is 428 g/mol. The van der Waals surface area contributed by atoms with Crippen molar-refractivity contribution < 1.29 is 9.18 Å². The van der Waals surface area contributed by atoms with Crippen LogP contribution in [0.3, 0.4) is 0 Å². The van der Waals surface area contributed by atoms with Gasteiger partial charge < -0.3 is 10.7 Å². The predicted molar refractivity (Wildman–Crippen MR) is 127 cm³/mol. The Kier molecular flexibility index (Phi) is 9.50. The molecule has 0 saturated carbocycles. The molecule has 0 fully saturated rings. The maximum absolute atomic E-state index is 13.1. The van der Waals surface area contributed by atoms with Crippen LogP contribution in [0.5, 0.6) is 0 Å². The van der Waals surface area contributed by atoms with Crippen LogP contribution in [0.4, 0.5) is 4.39 Å². The van der Waals surface area contributed by atoms with E-state index in [1.54, 1.807) is 23.3 Å². The first-order valence-electron chi connectivity index (χ1n) is 11.4. The number of benzene rings is 1. The summed E-state index contributed by atoms with van der Waals surface area (Å²) in [7, 11) is 0. The number of hydrogen-bond acceptors (Lipinski definition) is 4. The van der Waals surface area contributed by atoms with E-state index in [4.69, 9.17) is 11.6 Å². The summed E-state index contributed by atoms with van der Waals surface area (Å²) in [5.74, 6) is 7.46. The lowest BCUT2D eigenvalue weighted by Gasteiger charge is -2.28. The molecular weight excluding hydrogens is 389 g/mol. The van der Waals surface area contributed by atoms with Crippen LogP contribution in [0.15, 0.2) is 54.3 Å². The van der Waals surface area contributed by atoms with E-state index in [1.165, 1.54) is 17.7 Å². The fourth-order valence-electron chi connectivity index (χ4n) is 4.19. The zero-order chi connectivity index (χ0) is 23.0. The van der Waals surface area contributed by atoms with Crippen molar-refractivity contribution in [2.24, 2.45) is 29.3 Å². The number of carbonyl (C=O) groups is 1. The van der Waals surface area contributed by atoms with E-state index in [1.807, 2.05) is 6.92 Å². The number of halogens is 1. The molecule has 4 N–H and O–H groups in total. The Hall–Kier alpha value is -2.40. The van der Waals surface area contributed by atoms with Gasteiger partial charge in [0.2, 0.25) is 0 Å². The summed E-state index contributed by atoms with van der Waals surface area (Å²) < 4.78 is 13.1. The summed E-state index contributed by atoms with van der Waals surface area (Å²) >= 11 is 0. The Balaban J connectivity index is 2.12. The second kappa shape index (κ2) is 11.8. The van der Waals surface area contributed by atoms with Gasteiger partial charge in [0.1, 0.15) is 5.82 Å². The van der Waals surface area contributed by atoms with Crippen LogP contribution in [-0.4, -0.2) is 17.3 Å². The predicted octanol–water partition coefficient (Wildman–Crippen LogP) is 5.57. The van der Waals surface area contributed by atoms with Gasteiger partial charge in [0.25, 0.3) is 0 Å². The minimum Gasteiger partial charge on any atom is -0.397 e. The van der Waals surface area contributed by atoms with Crippen molar-refractivity contribution in [2.45, 2.75) is 59.3 Å². The van der Waals surface area contributed by atoms with Gasteiger partial charge in [-0.1, -0.05) is 39.0 Å². The van der Waals surface area contributed by atoms with Crippen molar-refractivity contribution in [3.63, 3.8) is 0 Å². The number of Topliss-reactive ketones (excluding diaryl/α,β-unsaturated/α-hetero) is 1. The Morgan fingerprint density at radius 2 is 1.90 bits per heavy atom. The SMILES string of the molecule is C=C(C(=O)CC)C1CC/C(CN(N)/C=C(\N)c2ccc(F)cc2)=C\CCC(C)C(C)C1. The number of ketones is 1. The Labute approximate surface area is 186 Å². The standard InChI is InChI=1S/C26H38FN3O/c1-5-26(31)20(4)23-10-9-21(8-6-7-18(2)19(3)15-23)16-30(29)17-25(28)22-11-13-24(27)14-12-22/h8,11-14,17-19,23H,4-7,9-10,15-16,28-29H2,1-3H3/b21-8+,25-17-. The smallest absolute Gasteiger partial charge is 0.158 e. The summed E-state index contributed by atoms with van der Waals surface area (Å²) in [5, 5.41) is 1.59. The molecule has 31 heavy (non-hydrogen) atoms. The number of carbonyl (C=O) groups excluding carboxylic acids is 1. The van der Waals surface area contributed by atoms with Crippen LogP contribution in [0, 0.1) is 23.6 Å². The summed E-state index contributed by atoms with van der Waals surface area (Å²) in [5.41, 5.74) is 9.38. The van der Waals surface area contributed by atoms with Crippen LogP contribution in [-0.2, 0) is 4.79 Å². The lowest BCUT2D eigenvalue weighted by atomic mass is 9.77. The zero-order valence-electron chi connectivity index (χ0n) is 19.2. The molecular formula is C26H38FN3O. The highest BCUT2D eigenvalue weighted by atomic mass is 19.1. The van der Waals surface area contributed by atoms with Crippen LogP contribution in [0.25, 0.3) is 5.70 Å². The quantitative estimate of drug-likeness (QED) is 0.258. The average Bonchev–Trinajstić information content (AvgIpc) is 2.74. The van der Waals surface area contributed by atoms with Gasteiger partial charge in [-0.2, -0.15) is 0 Å². The molecule has 0 saturated heterocycles. The van der Waals surface area contributed by atoms with Gasteiger partial charge in [0.05, 0.1) is 12.2 Å². The lowest BCUT2D eigenvalue weighted by molar-refractivity contribution is -0.115. The number of hydrogen-bond donors (Lipinski definition) is 2. The van der Waals surface area contributed by atoms with E-state index in [-0.39, 0.29) is 17.5 Å². The minimum absolute atomic E-state index is 0.169. The molecule has 0 radical (unpaired) electrons. The van der Waals surface area contributed by atoms with Crippen molar-refractivity contribution in [3.05, 3.63) is 65.6 Å². The molecule has 4 nitrogen and oxygen atoms in total. The zero-order valence-corrected chi connectivity index (χ0v) is 19.2.